The van der Waals surface area contributed by atoms with E-state index in [2.05, 4.69) is 20.8 Å². The normalized spacial score (nSPS) is 13.6. The van der Waals surface area contributed by atoms with Crippen LogP contribution in [-0.4, -0.2) is 29.1 Å². The zero-order valence-corrected chi connectivity index (χ0v) is 12.2. The van der Waals surface area contributed by atoms with Gasteiger partial charge in [-0.3, -0.25) is 0 Å². The minimum absolute atomic E-state index is 0.0322. The molecular formula is C11H26O3Si. The molecule has 0 saturated heterocycles. The fourth-order valence-corrected chi connectivity index (χ4v) is 4.94. The Kier molecular flexibility index (Phi) is 6.03. The maximum absolute atomic E-state index is 5.95. The second-order valence-corrected chi connectivity index (χ2v) is 8.28. The molecule has 0 spiro atoms. The van der Waals surface area contributed by atoms with Crippen LogP contribution < -0.4 is 0 Å². The Bertz CT molecular complexity index is 177. The molecular weight excluding hydrogens is 208 g/mol. The van der Waals surface area contributed by atoms with E-state index in [9.17, 15) is 0 Å². The van der Waals surface area contributed by atoms with Gasteiger partial charge < -0.3 is 13.3 Å². The van der Waals surface area contributed by atoms with Crippen molar-refractivity contribution in [1.29, 1.82) is 0 Å². The summed E-state index contributed by atoms with van der Waals surface area (Å²) in [6, 6.07) is 0. The van der Waals surface area contributed by atoms with Crippen molar-refractivity contribution < 1.29 is 13.3 Å². The second kappa shape index (κ2) is 5.99. The Morgan fingerprint density at radius 1 is 1.13 bits per heavy atom. The summed E-state index contributed by atoms with van der Waals surface area (Å²) in [5.41, 5.74) is 0. The van der Waals surface area contributed by atoms with Gasteiger partial charge in [-0.25, -0.2) is 0 Å². The molecule has 0 aromatic rings. The highest BCUT2D eigenvalue weighted by Gasteiger charge is 2.54. The average Bonchev–Trinajstić information content (AvgIpc) is 2.13. The molecule has 0 heterocycles. The van der Waals surface area contributed by atoms with Crippen LogP contribution in [0.5, 0.6) is 0 Å². The lowest BCUT2D eigenvalue weighted by atomic mass is 10.1. The van der Waals surface area contributed by atoms with E-state index in [1.807, 2.05) is 13.8 Å². The van der Waals surface area contributed by atoms with Gasteiger partial charge in [0.1, 0.15) is 0 Å². The van der Waals surface area contributed by atoms with E-state index in [0.717, 1.165) is 12.8 Å². The summed E-state index contributed by atoms with van der Waals surface area (Å²) in [6.45, 7) is 10.5. The van der Waals surface area contributed by atoms with E-state index < -0.39 is 8.80 Å². The molecule has 0 aromatic heterocycles. The SMILES string of the molecule is CCCC(C)(C)[Si](OC)(OC)OC(C)C. The Morgan fingerprint density at radius 2 is 1.60 bits per heavy atom. The van der Waals surface area contributed by atoms with Gasteiger partial charge in [0.2, 0.25) is 0 Å². The van der Waals surface area contributed by atoms with E-state index in [4.69, 9.17) is 13.3 Å². The maximum atomic E-state index is 5.95. The molecule has 0 rings (SSSR count). The first-order valence-electron chi connectivity index (χ1n) is 5.63. The van der Waals surface area contributed by atoms with Crippen LogP contribution in [0.4, 0.5) is 0 Å². The summed E-state index contributed by atoms with van der Waals surface area (Å²) in [5.74, 6) is 0. The Morgan fingerprint density at radius 3 is 1.87 bits per heavy atom. The molecule has 0 saturated carbocycles. The molecule has 0 bridgehead atoms. The predicted molar refractivity (Wildman–Crippen MR) is 64.9 cm³/mol. The van der Waals surface area contributed by atoms with Crippen molar-refractivity contribution in [2.24, 2.45) is 0 Å². The monoisotopic (exact) mass is 234 g/mol. The first-order valence-corrected chi connectivity index (χ1v) is 7.35. The van der Waals surface area contributed by atoms with Crippen LogP contribution in [0.15, 0.2) is 0 Å². The van der Waals surface area contributed by atoms with Gasteiger partial charge >= 0.3 is 8.80 Å². The van der Waals surface area contributed by atoms with Gasteiger partial charge in [0, 0.05) is 25.4 Å². The molecule has 92 valence electrons. The van der Waals surface area contributed by atoms with E-state index in [1.54, 1.807) is 14.2 Å². The van der Waals surface area contributed by atoms with Gasteiger partial charge in [-0.15, -0.1) is 0 Å². The highest BCUT2D eigenvalue weighted by atomic mass is 28.4. The van der Waals surface area contributed by atoms with Crippen LogP contribution in [0.2, 0.25) is 5.04 Å². The van der Waals surface area contributed by atoms with Crippen molar-refractivity contribution in [3.8, 4) is 0 Å². The molecule has 0 amide bonds. The summed E-state index contributed by atoms with van der Waals surface area (Å²) >= 11 is 0. The maximum Gasteiger partial charge on any atom is 0.506 e. The zero-order chi connectivity index (χ0) is 12.1. The van der Waals surface area contributed by atoms with Crippen molar-refractivity contribution in [1.82, 2.24) is 0 Å². The molecule has 0 fully saturated rings. The first-order chi connectivity index (χ1) is 6.85. The van der Waals surface area contributed by atoms with E-state index in [-0.39, 0.29) is 11.1 Å². The van der Waals surface area contributed by atoms with Crippen LogP contribution in [0.1, 0.15) is 47.5 Å². The summed E-state index contributed by atoms with van der Waals surface area (Å²) in [6.07, 6.45) is 2.29. The quantitative estimate of drug-likeness (QED) is 0.633. The van der Waals surface area contributed by atoms with Crippen molar-refractivity contribution >= 4 is 8.80 Å². The minimum atomic E-state index is -2.56. The second-order valence-electron chi connectivity index (χ2n) is 4.76. The molecule has 0 N–H and O–H groups in total. The van der Waals surface area contributed by atoms with Gasteiger partial charge in [0.15, 0.2) is 0 Å². The largest absolute Gasteiger partial charge is 0.506 e. The van der Waals surface area contributed by atoms with E-state index in [1.165, 1.54) is 0 Å². The standard InChI is InChI=1S/C11H26O3Si/c1-8-9-11(4,5)15(12-6,13-7)14-10(2)3/h10H,8-9H2,1-7H3. The van der Waals surface area contributed by atoms with Crippen LogP contribution in [0.3, 0.4) is 0 Å². The molecule has 0 aliphatic heterocycles. The predicted octanol–water partition coefficient (Wildman–Crippen LogP) is 3.22. The molecule has 15 heavy (non-hydrogen) atoms. The fourth-order valence-electron chi connectivity index (χ4n) is 1.98. The summed E-state index contributed by atoms with van der Waals surface area (Å²) in [5, 5.41) is -0.0322. The zero-order valence-electron chi connectivity index (χ0n) is 11.2. The topological polar surface area (TPSA) is 27.7 Å². The van der Waals surface area contributed by atoms with Gasteiger partial charge in [0.05, 0.1) is 0 Å². The molecule has 0 atom stereocenters. The van der Waals surface area contributed by atoms with Crippen molar-refractivity contribution in [2.75, 3.05) is 14.2 Å². The molecule has 3 nitrogen and oxygen atoms in total. The lowest BCUT2D eigenvalue weighted by Crippen LogP contribution is -2.54. The third-order valence-corrected chi connectivity index (χ3v) is 6.40. The lowest BCUT2D eigenvalue weighted by Gasteiger charge is -2.40. The van der Waals surface area contributed by atoms with Gasteiger partial charge in [-0.2, -0.15) is 0 Å². The van der Waals surface area contributed by atoms with Crippen molar-refractivity contribution in [3.05, 3.63) is 0 Å². The first kappa shape index (κ1) is 15.1. The number of hydrogen-bond acceptors (Lipinski definition) is 3. The average molecular weight is 234 g/mol. The van der Waals surface area contributed by atoms with Crippen LogP contribution in [-0.2, 0) is 13.3 Å². The highest BCUT2D eigenvalue weighted by Crippen LogP contribution is 2.43. The summed E-state index contributed by atoms with van der Waals surface area (Å²) < 4.78 is 17.2. The van der Waals surface area contributed by atoms with Crippen LogP contribution in [0.25, 0.3) is 0 Å². The molecule has 0 radical (unpaired) electrons. The molecule has 0 aliphatic rings. The molecule has 4 heteroatoms. The molecule has 0 aliphatic carbocycles. The third-order valence-electron chi connectivity index (χ3n) is 2.63. The smallest absolute Gasteiger partial charge is 0.377 e. The van der Waals surface area contributed by atoms with E-state index in [0.29, 0.717) is 0 Å². The van der Waals surface area contributed by atoms with Crippen molar-refractivity contribution in [3.63, 3.8) is 0 Å². The van der Waals surface area contributed by atoms with Gasteiger partial charge in [0.25, 0.3) is 0 Å². The number of hydrogen-bond donors (Lipinski definition) is 0. The summed E-state index contributed by atoms with van der Waals surface area (Å²) in [4.78, 5) is 0. The lowest BCUT2D eigenvalue weighted by molar-refractivity contribution is 0.0461. The fraction of sp³-hybridized carbons (Fsp3) is 1.00. The molecule has 0 unspecified atom stereocenters. The van der Waals surface area contributed by atoms with Crippen LogP contribution >= 0.6 is 0 Å². The minimum Gasteiger partial charge on any atom is -0.377 e. The third kappa shape index (κ3) is 3.55. The Labute approximate surface area is 95.5 Å². The van der Waals surface area contributed by atoms with Gasteiger partial charge in [-0.1, -0.05) is 27.2 Å². The summed E-state index contributed by atoms with van der Waals surface area (Å²) in [7, 11) is 0.825. The van der Waals surface area contributed by atoms with Crippen LogP contribution in [0, 0.1) is 0 Å². The number of rotatable bonds is 7. The van der Waals surface area contributed by atoms with Crippen molar-refractivity contribution in [2.45, 2.75) is 58.6 Å². The molecule has 0 aromatic carbocycles. The Balaban J connectivity index is 4.89. The highest BCUT2D eigenvalue weighted by molar-refractivity contribution is 6.64. The Hall–Kier alpha value is 0.0969. The van der Waals surface area contributed by atoms with E-state index >= 15 is 0 Å². The van der Waals surface area contributed by atoms with Gasteiger partial charge in [-0.05, 0) is 20.3 Å².